The summed E-state index contributed by atoms with van der Waals surface area (Å²) in [6, 6.07) is 2.47. The maximum absolute atomic E-state index is 5.31. The number of nitrogens with one attached hydrogen (secondary N) is 3. The summed E-state index contributed by atoms with van der Waals surface area (Å²) in [6.45, 7) is 8.75. The molecule has 194 valence electrons. The number of H-pyrrole nitrogens is 1. The van der Waals surface area contributed by atoms with Gasteiger partial charge in [-0.25, -0.2) is 15.0 Å². The monoisotopic (exact) mass is 497 g/mol. The van der Waals surface area contributed by atoms with Gasteiger partial charge in [-0.2, -0.15) is 0 Å². The quantitative estimate of drug-likeness (QED) is 0.278. The van der Waals surface area contributed by atoms with Crippen LogP contribution in [-0.2, 0) is 6.42 Å². The lowest BCUT2D eigenvalue weighted by Gasteiger charge is -2.33. The van der Waals surface area contributed by atoms with Gasteiger partial charge in [0.1, 0.15) is 11.5 Å². The zero-order valence-corrected chi connectivity index (χ0v) is 22.4. The average molecular weight is 498 g/mol. The van der Waals surface area contributed by atoms with Gasteiger partial charge in [-0.1, -0.05) is 39.5 Å². The highest BCUT2D eigenvalue weighted by Gasteiger charge is 2.28. The number of aromatic amines is 1. The molecular weight excluding hydrogens is 458 g/mol. The molecule has 5 heterocycles. The number of nitrogens with zero attached hydrogens (tertiary/aromatic N) is 4. The van der Waals surface area contributed by atoms with E-state index in [1.54, 1.807) is 0 Å². The lowest BCUT2D eigenvalue weighted by molar-refractivity contribution is 0.335. The summed E-state index contributed by atoms with van der Waals surface area (Å²) in [4.78, 5) is 23.3. The summed E-state index contributed by atoms with van der Waals surface area (Å²) in [5.41, 5.74) is 6.72. The first kappa shape index (κ1) is 24.3. The fraction of sp³-hybridized carbons (Fsp3) is 0.533. The topological polar surface area (TPSA) is 91.4 Å². The minimum Gasteiger partial charge on any atom is -0.366 e. The Bertz CT molecular complexity index is 1400. The van der Waals surface area contributed by atoms with Crippen molar-refractivity contribution in [1.29, 1.82) is 0 Å². The first-order chi connectivity index (χ1) is 18.2. The molecule has 0 aromatic carbocycles. The molecule has 2 fully saturated rings. The molecule has 6 rings (SSSR count). The van der Waals surface area contributed by atoms with Gasteiger partial charge >= 0.3 is 0 Å². The Hall–Kier alpha value is -3.06. The van der Waals surface area contributed by atoms with Gasteiger partial charge in [0.05, 0.1) is 11.7 Å². The van der Waals surface area contributed by atoms with Crippen LogP contribution in [0, 0.1) is 12.8 Å². The van der Waals surface area contributed by atoms with Gasteiger partial charge in [-0.3, -0.25) is 4.98 Å². The van der Waals surface area contributed by atoms with Crippen LogP contribution in [0.4, 0.5) is 5.82 Å². The highest BCUT2D eigenvalue weighted by atomic mass is 15.1. The van der Waals surface area contributed by atoms with Crippen molar-refractivity contribution in [3.8, 4) is 11.4 Å². The number of hydrogen-bond acceptors (Lipinski definition) is 6. The fourth-order valence-electron chi connectivity index (χ4n) is 6.65. The van der Waals surface area contributed by atoms with Crippen molar-refractivity contribution in [2.24, 2.45) is 5.92 Å². The van der Waals surface area contributed by atoms with Gasteiger partial charge in [0.2, 0.25) is 0 Å². The molecule has 2 aliphatic rings. The van der Waals surface area contributed by atoms with Crippen molar-refractivity contribution in [3.63, 3.8) is 0 Å². The molecule has 4 aromatic heterocycles. The van der Waals surface area contributed by atoms with Crippen LogP contribution < -0.4 is 10.6 Å². The molecule has 0 radical (unpaired) electrons. The second kappa shape index (κ2) is 10.4. The molecule has 1 saturated heterocycles. The zero-order valence-electron chi connectivity index (χ0n) is 22.4. The maximum Gasteiger partial charge on any atom is 0.163 e. The molecule has 7 heteroatoms. The minimum atomic E-state index is 0.393. The molecule has 3 N–H and O–H groups in total. The number of rotatable bonds is 7. The van der Waals surface area contributed by atoms with E-state index in [1.165, 1.54) is 47.9 Å². The second-order valence-electron chi connectivity index (χ2n) is 11.0. The van der Waals surface area contributed by atoms with Gasteiger partial charge < -0.3 is 15.6 Å². The van der Waals surface area contributed by atoms with Crippen molar-refractivity contribution in [2.75, 3.05) is 18.4 Å². The van der Waals surface area contributed by atoms with Crippen molar-refractivity contribution < 1.29 is 0 Å². The Kier molecular flexibility index (Phi) is 6.80. The molecule has 0 amide bonds. The molecule has 1 saturated carbocycles. The number of fused-ring (bicyclic) bond motifs is 2. The Morgan fingerprint density at radius 1 is 1.05 bits per heavy atom. The first-order valence-electron chi connectivity index (χ1n) is 14.3. The van der Waals surface area contributed by atoms with Crippen LogP contribution in [-0.4, -0.2) is 44.1 Å². The molecule has 37 heavy (non-hydrogen) atoms. The lowest BCUT2D eigenvalue weighted by Crippen LogP contribution is -2.43. The van der Waals surface area contributed by atoms with Gasteiger partial charge in [-0.15, -0.1) is 0 Å². The van der Waals surface area contributed by atoms with E-state index in [-0.39, 0.29) is 0 Å². The number of piperidine rings is 1. The highest BCUT2D eigenvalue weighted by Crippen LogP contribution is 2.40. The van der Waals surface area contributed by atoms with Crippen molar-refractivity contribution in [1.82, 2.24) is 30.2 Å². The predicted molar refractivity (Wildman–Crippen MR) is 151 cm³/mol. The largest absolute Gasteiger partial charge is 0.366 e. The Morgan fingerprint density at radius 3 is 2.73 bits per heavy atom. The van der Waals surface area contributed by atoms with Crippen molar-refractivity contribution >= 4 is 27.8 Å². The van der Waals surface area contributed by atoms with E-state index in [4.69, 9.17) is 9.97 Å². The molecule has 7 nitrogen and oxygen atoms in total. The third kappa shape index (κ3) is 4.48. The average Bonchev–Trinajstić information content (AvgIpc) is 3.57. The minimum absolute atomic E-state index is 0.393. The number of aromatic nitrogens is 5. The molecule has 2 unspecified atom stereocenters. The van der Waals surface area contributed by atoms with E-state index in [2.05, 4.69) is 58.6 Å². The van der Waals surface area contributed by atoms with Gasteiger partial charge in [0, 0.05) is 40.5 Å². The van der Waals surface area contributed by atoms with Gasteiger partial charge in [0.15, 0.2) is 5.82 Å². The second-order valence-corrected chi connectivity index (χ2v) is 11.0. The number of aryl methyl sites for hydroxylation is 2. The van der Waals surface area contributed by atoms with Crippen LogP contribution in [0.5, 0.6) is 0 Å². The van der Waals surface area contributed by atoms with E-state index in [0.717, 1.165) is 72.5 Å². The predicted octanol–water partition coefficient (Wildman–Crippen LogP) is 6.29. The van der Waals surface area contributed by atoms with E-state index < -0.39 is 0 Å². The van der Waals surface area contributed by atoms with Crippen LogP contribution in [0.3, 0.4) is 0 Å². The molecule has 1 aliphatic heterocycles. The van der Waals surface area contributed by atoms with Crippen LogP contribution in [0.1, 0.15) is 81.5 Å². The Balaban J connectivity index is 1.55. The zero-order chi connectivity index (χ0) is 25.4. The summed E-state index contributed by atoms with van der Waals surface area (Å²) >= 11 is 0. The summed E-state index contributed by atoms with van der Waals surface area (Å²) in [7, 11) is 0. The number of hydrogen-bond donors (Lipinski definition) is 3. The van der Waals surface area contributed by atoms with Crippen molar-refractivity contribution in [2.45, 2.75) is 84.1 Å². The smallest absolute Gasteiger partial charge is 0.163 e. The fourth-order valence-corrected chi connectivity index (χ4v) is 6.65. The standard InChI is InChI=1S/C30H39N7/c1-4-8-21-18(3)34-29-26(21)22(11-14-33-29)28-36-25-17-32-16-23(20-9-6-7-10-20)27(25)30(37-28)35-24-12-13-31-15-19(24)5-2/h11,14,16-17,19-20,24,31H,4-10,12-13,15H2,1-3H3,(H,33,34)(H,35,36,37). The van der Waals surface area contributed by atoms with Crippen LogP contribution in [0.2, 0.25) is 0 Å². The normalized spacial score (nSPS) is 20.7. The van der Waals surface area contributed by atoms with Crippen LogP contribution >= 0.6 is 0 Å². The highest BCUT2D eigenvalue weighted by molar-refractivity contribution is 5.98. The van der Waals surface area contributed by atoms with E-state index in [9.17, 15) is 0 Å². The van der Waals surface area contributed by atoms with E-state index >= 15 is 0 Å². The lowest BCUT2D eigenvalue weighted by atomic mass is 9.90. The van der Waals surface area contributed by atoms with Gasteiger partial charge in [0.25, 0.3) is 0 Å². The molecule has 2 atom stereocenters. The molecule has 1 aliphatic carbocycles. The summed E-state index contributed by atoms with van der Waals surface area (Å²) in [6.07, 6.45) is 15.2. The summed E-state index contributed by atoms with van der Waals surface area (Å²) in [5, 5.41) is 9.85. The van der Waals surface area contributed by atoms with Crippen LogP contribution in [0.25, 0.3) is 33.3 Å². The maximum atomic E-state index is 5.31. The van der Waals surface area contributed by atoms with Crippen molar-refractivity contribution in [3.05, 3.63) is 41.5 Å². The first-order valence-corrected chi connectivity index (χ1v) is 14.3. The Labute approximate surface area is 219 Å². The Morgan fingerprint density at radius 2 is 1.92 bits per heavy atom. The summed E-state index contributed by atoms with van der Waals surface area (Å²) < 4.78 is 0. The summed E-state index contributed by atoms with van der Waals surface area (Å²) in [5.74, 6) is 2.85. The van der Waals surface area contributed by atoms with E-state index in [1.807, 2.05) is 12.4 Å². The van der Waals surface area contributed by atoms with Gasteiger partial charge in [-0.05, 0) is 74.7 Å². The molecule has 0 bridgehead atoms. The third-order valence-electron chi connectivity index (χ3n) is 8.64. The van der Waals surface area contributed by atoms with E-state index in [0.29, 0.717) is 17.9 Å². The third-order valence-corrected chi connectivity index (χ3v) is 8.64. The molecular formula is C30H39N7. The number of pyridine rings is 2. The number of anilines is 1. The molecule has 4 aromatic rings. The SMILES string of the molecule is CCCc1c(C)[nH]c2nccc(-c3nc(NC4CCNCC4CC)c4c(C5CCCC5)cncc4n3)c12. The molecule has 0 spiro atoms. The van der Waals surface area contributed by atoms with Crippen LogP contribution in [0.15, 0.2) is 24.7 Å².